The zero-order valence-corrected chi connectivity index (χ0v) is 11.7. The second-order valence-corrected chi connectivity index (χ2v) is 4.94. The highest BCUT2D eigenvalue weighted by atomic mass is 16.5. The number of nitrogens with zero attached hydrogens (tertiary/aromatic N) is 2. The van der Waals surface area contributed by atoms with Gasteiger partial charge in [0, 0.05) is 12.7 Å². The lowest BCUT2D eigenvalue weighted by Gasteiger charge is -2.18. The first-order valence-corrected chi connectivity index (χ1v) is 6.76. The second kappa shape index (κ2) is 5.42. The van der Waals surface area contributed by atoms with Gasteiger partial charge in [0.05, 0.1) is 17.8 Å². The maximum Gasteiger partial charge on any atom is 0.261 e. The van der Waals surface area contributed by atoms with E-state index in [0.717, 1.165) is 16.3 Å². The van der Waals surface area contributed by atoms with Gasteiger partial charge in [-0.2, -0.15) is 0 Å². The zero-order valence-electron chi connectivity index (χ0n) is 11.7. The van der Waals surface area contributed by atoms with Crippen LogP contribution in [0.3, 0.4) is 0 Å². The molecule has 0 radical (unpaired) electrons. The number of anilines is 1. The van der Waals surface area contributed by atoms with Crippen molar-refractivity contribution in [2.45, 2.75) is 0 Å². The summed E-state index contributed by atoms with van der Waals surface area (Å²) < 4.78 is 0. The smallest absolute Gasteiger partial charge is 0.261 e. The monoisotopic (exact) mass is 280 g/mol. The minimum atomic E-state index is -0.0942. The molecule has 2 aromatic rings. The maximum atomic E-state index is 12.8. The van der Waals surface area contributed by atoms with Gasteiger partial charge in [-0.05, 0) is 17.7 Å². The van der Waals surface area contributed by atoms with Crippen LogP contribution in [0.4, 0.5) is 5.69 Å². The molecule has 1 N–H and O–H groups in total. The first-order chi connectivity index (χ1) is 10.2. The molecule has 1 aliphatic rings. The van der Waals surface area contributed by atoms with Gasteiger partial charge < -0.3 is 4.90 Å². The molecule has 0 saturated carbocycles. The van der Waals surface area contributed by atoms with E-state index in [9.17, 15) is 10.0 Å². The van der Waals surface area contributed by atoms with Crippen LogP contribution in [0.15, 0.2) is 66.4 Å². The van der Waals surface area contributed by atoms with Crippen molar-refractivity contribution >= 4 is 17.2 Å². The Morgan fingerprint density at radius 2 is 1.57 bits per heavy atom. The van der Waals surface area contributed by atoms with E-state index < -0.39 is 0 Å². The molecule has 3 rings (SSSR count). The number of rotatable bonds is 3. The number of likely N-dealkylation sites (N-methyl/N-ethyl adjacent to an activating group) is 1. The molecule has 21 heavy (non-hydrogen) atoms. The molecular formula is C17H16N2O2. The van der Waals surface area contributed by atoms with E-state index in [-0.39, 0.29) is 5.91 Å². The Hall–Kier alpha value is -2.59. The Morgan fingerprint density at radius 3 is 2.14 bits per heavy atom. The van der Waals surface area contributed by atoms with Gasteiger partial charge in [-0.15, -0.1) is 0 Å². The number of para-hydroxylation sites is 1. The van der Waals surface area contributed by atoms with Crippen LogP contribution in [0, 0.1) is 0 Å². The normalized spacial score (nSPS) is 14.8. The Bertz CT molecular complexity index is 678. The van der Waals surface area contributed by atoms with E-state index in [1.807, 2.05) is 60.7 Å². The maximum absolute atomic E-state index is 12.8. The molecule has 1 heterocycles. The third-order valence-electron chi connectivity index (χ3n) is 3.58. The molecule has 4 nitrogen and oxygen atoms in total. The fraction of sp³-hybridized carbons (Fsp3) is 0.118. The van der Waals surface area contributed by atoms with Crippen molar-refractivity contribution in [2.75, 3.05) is 18.5 Å². The Balaban J connectivity index is 2.04. The third-order valence-corrected chi connectivity index (χ3v) is 3.58. The highest BCUT2D eigenvalue weighted by Crippen LogP contribution is 2.32. The number of carbonyl (C=O) groups excluding carboxylic acids is 1. The lowest BCUT2D eigenvalue weighted by molar-refractivity contribution is -0.112. The average Bonchev–Trinajstić information content (AvgIpc) is 2.87. The average molecular weight is 280 g/mol. The summed E-state index contributed by atoms with van der Waals surface area (Å²) in [6.45, 7) is 0.361. The van der Waals surface area contributed by atoms with Crippen molar-refractivity contribution in [3.63, 3.8) is 0 Å². The molecule has 0 aromatic heterocycles. The molecule has 0 aliphatic carbocycles. The number of carbonyl (C=O) groups is 1. The van der Waals surface area contributed by atoms with Crippen LogP contribution in [-0.4, -0.2) is 29.8 Å². The van der Waals surface area contributed by atoms with Crippen molar-refractivity contribution in [2.24, 2.45) is 0 Å². The van der Waals surface area contributed by atoms with Crippen molar-refractivity contribution in [1.29, 1.82) is 0 Å². The van der Waals surface area contributed by atoms with Gasteiger partial charge in [0.2, 0.25) is 0 Å². The van der Waals surface area contributed by atoms with E-state index in [0.29, 0.717) is 17.8 Å². The second-order valence-electron chi connectivity index (χ2n) is 4.94. The van der Waals surface area contributed by atoms with E-state index in [1.54, 1.807) is 11.9 Å². The molecule has 106 valence electrons. The minimum Gasteiger partial charge on any atom is -0.302 e. The SMILES string of the molecule is CN(O)C1=C(c2ccccc2)C(=O)N(c2ccccc2)C1. The quantitative estimate of drug-likeness (QED) is 0.879. The third kappa shape index (κ3) is 2.41. The molecule has 0 atom stereocenters. The van der Waals surface area contributed by atoms with Crippen molar-refractivity contribution < 1.29 is 10.0 Å². The summed E-state index contributed by atoms with van der Waals surface area (Å²) in [7, 11) is 1.54. The lowest BCUT2D eigenvalue weighted by Crippen LogP contribution is -2.27. The number of benzene rings is 2. The molecule has 0 saturated heterocycles. The summed E-state index contributed by atoms with van der Waals surface area (Å²) in [5.74, 6) is -0.0942. The van der Waals surface area contributed by atoms with Crippen LogP contribution < -0.4 is 4.90 Å². The molecule has 4 heteroatoms. The Morgan fingerprint density at radius 1 is 1.00 bits per heavy atom. The summed E-state index contributed by atoms with van der Waals surface area (Å²) >= 11 is 0. The molecule has 0 spiro atoms. The molecule has 2 aromatic carbocycles. The summed E-state index contributed by atoms with van der Waals surface area (Å²) in [4.78, 5) is 14.4. The lowest BCUT2D eigenvalue weighted by atomic mass is 10.1. The fourth-order valence-electron chi connectivity index (χ4n) is 2.53. The number of hydroxylamine groups is 2. The molecule has 0 fully saturated rings. The molecule has 0 bridgehead atoms. The van der Waals surface area contributed by atoms with Gasteiger partial charge in [-0.25, -0.2) is 0 Å². The predicted octanol–water partition coefficient (Wildman–Crippen LogP) is 2.77. The highest BCUT2D eigenvalue weighted by molar-refractivity contribution is 6.29. The van der Waals surface area contributed by atoms with E-state index >= 15 is 0 Å². The highest BCUT2D eigenvalue weighted by Gasteiger charge is 2.33. The predicted molar refractivity (Wildman–Crippen MR) is 81.7 cm³/mol. The van der Waals surface area contributed by atoms with E-state index in [1.165, 1.54) is 0 Å². The Labute approximate surface area is 123 Å². The van der Waals surface area contributed by atoms with E-state index in [2.05, 4.69) is 0 Å². The van der Waals surface area contributed by atoms with Crippen molar-refractivity contribution in [1.82, 2.24) is 5.06 Å². The van der Waals surface area contributed by atoms with Crippen LogP contribution in [-0.2, 0) is 4.79 Å². The molecular weight excluding hydrogens is 264 g/mol. The zero-order chi connectivity index (χ0) is 14.8. The van der Waals surface area contributed by atoms with Crippen molar-refractivity contribution in [3.8, 4) is 0 Å². The molecule has 1 aliphatic heterocycles. The Kier molecular flexibility index (Phi) is 3.46. The molecule has 0 unspecified atom stereocenters. The topological polar surface area (TPSA) is 43.8 Å². The summed E-state index contributed by atoms with van der Waals surface area (Å²) in [6.07, 6.45) is 0. The summed E-state index contributed by atoms with van der Waals surface area (Å²) in [5.41, 5.74) is 2.80. The van der Waals surface area contributed by atoms with Gasteiger partial charge in [0.25, 0.3) is 5.91 Å². The van der Waals surface area contributed by atoms with Crippen molar-refractivity contribution in [3.05, 3.63) is 71.9 Å². The van der Waals surface area contributed by atoms with Crippen LogP contribution >= 0.6 is 0 Å². The van der Waals surface area contributed by atoms with Gasteiger partial charge in [-0.1, -0.05) is 48.5 Å². The van der Waals surface area contributed by atoms with Gasteiger partial charge in [0.1, 0.15) is 0 Å². The van der Waals surface area contributed by atoms with Gasteiger partial charge >= 0.3 is 0 Å². The summed E-state index contributed by atoms with van der Waals surface area (Å²) in [5, 5.41) is 10.9. The van der Waals surface area contributed by atoms with Crippen LogP contribution in [0.2, 0.25) is 0 Å². The number of hydrogen-bond acceptors (Lipinski definition) is 3. The number of amides is 1. The van der Waals surface area contributed by atoms with Gasteiger partial charge in [-0.3, -0.25) is 15.1 Å². The first-order valence-electron chi connectivity index (χ1n) is 6.76. The van der Waals surface area contributed by atoms with Crippen LogP contribution in [0.25, 0.3) is 5.57 Å². The summed E-state index contributed by atoms with van der Waals surface area (Å²) in [6, 6.07) is 18.9. The van der Waals surface area contributed by atoms with Gasteiger partial charge in [0.15, 0.2) is 0 Å². The fourth-order valence-corrected chi connectivity index (χ4v) is 2.53. The molecule has 1 amide bonds. The van der Waals surface area contributed by atoms with E-state index in [4.69, 9.17) is 0 Å². The largest absolute Gasteiger partial charge is 0.302 e. The first kappa shape index (κ1) is 13.4. The number of hydrogen-bond donors (Lipinski definition) is 1. The standard InChI is InChI=1S/C17H16N2O2/c1-18(21)15-12-19(14-10-6-3-7-11-14)17(20)16(15)13-8-4-2-5-9-13/h2-11,21H,12H2,1H3. The minimum absolute atomic E-state index is 0.0942. The van der Waals surface area contributed by atoms with Crippen LogP contribution in [0.5, 0.6) is 0 Å². The van der Waals surface area contributed by atoms with Crippen LogP contribution in [0.1, 0.15) is 5.56 Å².